The molecule has 0 spiro atoms. The Morgan fingerprint density at radius 3 is 2.54 bits per heavy atom. The number of amides is 1. The molecule has 2 aliphatic heterocycles. The summed E-state index contributed by atoms with van der Waals surface area (Å²) < 4.78 is 0. The first-order valence-electron chi connectivity index (χ1n) is 9.15. The van der Waals surface area contributed by atoms with Crippen LogP contribution in [0.4, 0.5) is 5.69 Å². The van der Waals surface area contributed by atoms with Crippen molar-refractivity contribution in [3.8, 4) is 0 Å². The maximum Gasteiger partial charge on any atom is 0.317 e. The average Bonchev–Trinajstić information content (AvgIpc) is 3.04. The summed E-state index contributed by atoms with van der Waals surface area (Å²) in [5.41, 5.74) is 2.31. The lowest BCUT2D eigenvalue weighted by molar-refractivity contribution is -0.139. The Hall–Kier alpha value is -1.63. The van der Waals surface area contributed by atoms with Crippen molar-refractivity contribution in [3.63, 3.8) is 0 Å². The predicted octanol–water partition coefficient (Wildman–Crippen LogP) is 1.87. The molecule has 6 nitrogen and oxygen atoms in total. The number of rotatable bonds is 6. The van der Waals surface area contributed by atoms with Crippen molar-refractivity contribution in [1.82, 2.24) is 9.80 Å². The minimum atomic E-state index is -0.771. The molecule has 3 rings (SSSR count). The van der Waals surface area contributed by atoms with E-state index >= 15 is 0 Å². The smallest absolute Gasteiger partial charge is 0.317 e. The molecule has 0 saturated carbocycles. The summed E-state index contributed by atoms with van der Waals surface area (Å²) in [5, 5.41) is 9.02. The molecule has 1 amide bonds. The van der Waals surface area contributed by atoms with Gasteiger partial charge < -0.3 is 10.0 Å². The van der Waals surface area contributed by atoms with Gasteiger partial charge >= 0.3 is 5.97 Å². The molecule has 2 aliphatic rings. The van der Waals surface area contributed by atoms with Gasteiger partial charge in [0.2, 0.25) is 5.91 Å². The molecule has 0 aromatic heterocycles. The van der Waals surface area contributed by atoms with Crippen LogP contribution in [0.2, 0.25) is 0 Å². The Labute approximate surface area is 161 Å². The van der Waals surface area contributed by atoms with Gasteiger partial charge in [0.25, 0.3) is 0 Å². The number of aliphatic carboxylic acids is 1. The molecule has 26 heavy (non-hydrogen) atoms. The van der Waals surface area contributed by atoms with Crippen LogP contribution in [0, 0.1) is 0 Å². The summed E-state index contributed by atoms with van der Waals surface area (Å²) in [6, 6.07) is 8.43. The van der Waals surface area contributed by atoms with Gasteiger partial charge in [0, 0.05) is 31.4 Å². The Morgan fingerprint density at radius 1 is 1.19 bits per heavy atom. The van der Waals surface area contributed by atoms with Gasteiger partial charge in [0.15, 0.2) is 0 Å². The molecule has 0 radical (unpaired) electrons. The number of carbonyl (C=O) groups is 2. The summed E-state index contributed by atoms with van der Waals surface area (Å²) >= 11 is 0. The summed E-state index contributed by atoms with van der Waals surface area (Å²) in [6.07, 6.45) is 2.78. The Kier molecular flexibility index (Phi) is 7.43. The fourth-order valence-electron chi connectivity index (χ4n) is 3.99. The zero-order chi connectivity index (χ0) is 17.8. The number of carbonyl (C=O) groups excluding carboxylic acids is 1. The van der Waals surface area contributed by atoms with Crippen LogP contribution in [0.15, 0.2) is 24.3 Å². The lowest BCUT2D eigenvalue weighted by atomic mass is 10.0. The standard InChI is InChI=1S/C19H27N3O3.ClH/c1-2-21(14-19(24)25)16-8-10-20(11-9-16)13-18(23)22-12-7-15-5-3-4-6-17(15)22;/h3-6,16H,2,7-14H2,1H3,(H,24,25);1H. The topological polar surface area (TPSA) is 64.1 Å². The largest absolute Gasteiger partial charge is 0.480 e. The summed E-state index contributed by atoms with van der Waals surface area (Å²) in [4.78, 5) is 29.8. The zero-order valence-electron chi connectivity index (χ0n) is 15.3. The third-order valence-corrected chi connectivity index (χ3v) is 5.37. The van der Waals surface area contributed by atoms with Crippen molar-refractivity contribution in [2.24, 2.45) is 0 Å². The third kappa shape index (κ3) is 4.75. The quantitative estimate of drug-likeness (QED) is 0.815. The van der Waals surface area contributed by atoms with Crippen LogP contribution in [0.1, 0.15) is 25.3 Å². The van der Waals surface area contributed by atoms with E-state index in [-0.39, 0.29) is 24.9 Å². The first kappa shape index (κ1) is 20.7. The number of hydrogen-bond acceptors (Lipinski definition) is 4. The number of carboxylic acid groups (broad SMARTS) is 1. The number of likely N-dealkylation sites (tertiary alicyclic amines) is 1. The van der Waals surface area contributed by atoms with E-state index in [2.05, 4.69) is 11.0 Å². The normalized spacial score (nSPS) is 17.8. The molecule has 1 fully saturated rings. The second-order valence-electron chi connectivity index (χ2n) is 6.89. The van der Waals surface area contributed by atoms with Gasteiger partial charge in [-0.25, -0.2) is 0 Å². The van der Waals surface area contributed by atoms with Gasteiger partial charge in [-0.15, -0.1) is 12.4 Å². The number of carboxylic acids is 1. The maximum atomic E-state index is 12.7. The fourth-order valence-corrected chi connectivity index (χ4v) is 3.99. The number of para-hydroxylation sites is 1. The molecule has 1 N–H and O–H groups in total. The van der Waals surface area contributed by atoms with Crippen LogP contribution in [0.5, 0.6) is 0 Å². The number of hydrogen-bond donors (Lipinski definition) is 1. The molecule has 0 atom stereocenters. The molecule has 1 saturated heterocycles. The van der Waals surface area contributed by atoms with Gasteiger partial charge in [0.1, 0.15) is 0 Å². The number of likely N-dealkylation sites (N-methyl/N-ethyl adjacent to an activating group) is 1. The first-order chi connectivity index (χ1) is 12.1. The molecule has 1 aromatic carbocycles. The molecule has 0 aliphatic carbocycles. The van der Waals surface area contributed by atoms with Gasteiger partial charge in [-0.1, -0.05) is 25.1 Å². The van der Waals surface area contributed by atoms with Crippen LogP contribution in [-0.4, -0.2) is 72.1 Å². The number of benzene rings is 1. The highest BCUT2D eigenvalue weighted by Crippen LogP contribution is 2.27. The van der Waals surface area contributed by atoms with Crippen LogP contribution in [0.3, 0.4) is 0 Å². The van der Waals surface area contributed by atoms with Crippen LogP contribution in [-0.2, 0) is 16.0 Å². The van der Waals surface area contributed by atoms with Gasteiger partial charge in [-0.05, 0) is 37.4 Å². The Balaban J connectivity index is 0.00000243. The molecule has 1 aromatic rings. The molecule has 0 unspecified atom stereocenters. The number of nitrogens with zero attached hydrogens (tertiary/aromatic N) is 3. The van der Waals surface area contributed by atoms with E-state index in [9.17, 15) is 9.59 Å². The number of halogens is 1. The SMILES string of the molecule is CCN(CC(=O)O)C1CCN(CC(=O)N2CCc3ccccc32)CC1.Cl. The van der Waals surface area contributed by atoms with Crippen LogP contribution in [0.25, 0.3) is 0 Å². The monoisotopic (exact) mass is 381 g/mol. The Bertz CT molecular complexity index is 632. The maximum absolute atomic E-state index is 12.7. The van der Waals surface area contributed by atoms with Crippen molar-refractivity contribution in [3.05, 3.63) is 29.8 Å². The van der Waals surface area contributed by atoms with Crippen molar-refractivity contribution in [1.29, 1.82) is 0 Å². The third-order valence-electron chi connectivity index (χ3n) is 5.37. The number of piperidine rings is 1. The van der Waals surface area contributed by atoms with Crippen molar-refractivity contribution in [2.75, 3.05) is 44.2 Å². The molecule has 2 heterocycles. The van der Waals surface area contributed by atoms with Gasteiger partial charge in [-0.2, -0.15) is 0 Å². The highest BCUT2D eigenvalue weighted by molar-refractivity contribution is 5.96. The van der Waals surface area contributed by atoms with E-state index in [1.165, 1.54) is 5.56 Å². The minimum Gasteiger partial charge on any atom is -0.480 e. The second-order valence-corrected chi connectivity index (χ2v) is 6.89. The van der Waals surface area contributed by atoms with E-state index in [4.69, 9.17) is 5.11 Å². The summed E-state index contributed by atoms with van der Waals surface area (Å²) in [7, 11) is 0. The molecule has 144 valence electrons. The second kappa shape index (κ2) is 9.35. The lowest BCUT2D eigenvalue weighted by Gasteiger charge is -2.37. The predicted molar refractivity (Wildman–Crippen MR) is 104 cm³/mol. The molecular formula is C19H28ClN3O3. The minimum absolute atomic E-state index is 0. The van der Waals surface area contributed by atoms with E-state index < -0.39 is 5.97 Å². The first-order valence-corrected chi connectivity index (χ1v) is 9.15. The number of anilines is 1. The van der Waals surface area contributed by atoms with Crippen LogP contribution >= 0.6 is 12.4 Å². The van der Waals surface area contributed by atoms with Crippen LogP contribution < -0.4 is 4.90 Å². The van der Waals surface area contributed by atoms with E-state index in [0.29, 0.717) is 12.6 Å². The summed E-state index contributed by atoms with van der Waals surface area (Å²) in [5.74, 6) is -0.603. The highest BCUT2D eigenvalue weighted by Gasteiger charge is 2.29. The van der Waals surface area contributed by atoms with E-state index in [0.717, 1.165) is 51.1 Å². The van der Waals surface area contributed by atoms with E-state index in [1.807, 2.05) is 34.9 Å². The molecule has 0 bridgehead atoms. The Morgan fingerprint density at radius 2 is 1.88 bits per heavy atom. The number of fused-ring (bicyclic) bond motifs is 1. The molecule has 7 heteroatoms. The van der Waals surface area contributed by atoms with Gasteiger partial charge in [-0.3, -0.25) is 19.4 Å². The average molecular weight is 382 g/mol. The fraction of sp³-hybridized carbons (Fsp3) is 0.579. The summed E-state index contributed by atoms with van der Waals surface area (Å²) in [6.45, 7) is 5.78. The van der Waals surface area contributed by atoms with Crippen molar-refractivity contribution >= 4 is 30.0 Å². The van der Waals surface area contributed by atoms with Gasteiger partial charge in [0.05, 0.1) is 13.1 Å². The van der Waals surface area contributed by atoms with E-state index in [1.54, 1.807) is 0 Å². The van der Waals surface area contributed by atoms with Crippen molar-refractivity contribution < 1.29 is 14.7 Å². The zero-order valence-corrected chi connectivity index (χ0v) is 16.1. The molecular weight excluding hydrogens is 354 g/mol. The highest BCUT2D eigenvalue weighted by atomic mass is 35.5. The lowest BCUT2D eigenvalue weighted by Crippen LogP contribution is -2.49. The van der Waals surface area contributed by atoms with Crippen molar-refractivity contribution in [2.45, 2.75) is 32.2 Å².